The molecule has 2 heterocycles. The van der Waals surface area contributed by atoms with E-state index in [1.165, 1.54) is 10.6 Å². The van der Waals surface area contributed by atoms with Gasteiger partial charge in [-0.1, -0.05) is 12.1 Å². The van der Waals surface area contributed by atoms with E-state index < -0.39 is 0 Å². The van der Waals surface area contributed by atoms with Crippen molar-refractivity contribution in [2.75, 3.05) is 32.1 Å². The van der Waals surface area contributed by atoms with E-state index in [1.807, 2.05) is 18.4 Å². The van der Waals surface area contributed by atoms with Crippen molar-refractivity contribution in [2.24, 2.45) is 4.99 Å². The SMILES string of the molecule is CN=C(NCc1ccc(C)c(OC)c1)NC1CCN(c2cccs2)CC1.I. The standard InChI is InChI=1S/C20H28N4OS.HI/c1-15-6-7-16(13-18(15)25-3)14-22-20(21-2)23-17-8-10-24(11-9-17)19-5-4-12-26-19;/h4-7,12-13,17H,8-11,14H2,1-3H3,(H2,21,22,23);1H. The van der Waals surface area contributed by atoms with Crippen LogP contribution in [0.25, 0.3) is 0 Å². The van der Waals surface area contributed by atoms with Crippen LogP contribution in [0.5, 0.6) is 5.75 Å². The Morgan fingerprint density at radius 1 is 1.30 bits per heavy atom. The molecule has 0 bridgehead atoms. The van der Waals surface area contributed by atoms with Crippen molar-refractivity contribution in [3.05, 3.63) is 46.8 Å². The Bertz CT molecular complexity index is 728. The summed E-state index contributed by atoms with van der Waals surface area (Å²) >= 11 is 1.82. The number of aryl methyl sites for hydroxylation is 1. The molecule has 0 spiro atoms. The zero-order valence-corrected chi connectivity index (χ0v) is 19.3. The highest BCUT2D eigenvalue weighted by molar-refractivity contribution is 14.0. The fraction of sp³-hybridized carbons (Fsp3) is 0.450. The molecule has 27 heavy (non-hydrogen) atoms. The number of piperidine rings is 1. The van der Waals surface area contributed by atoms with Crippen molar-refractivity contribution < 1.29 is 4.74 Å². The second kappa shape index (κ2) is 10.8. The first kappa shape index (κ1) is 21.8. The molecule has 0 atom stereocenters. The Morgan fingerprint density at radius 2 is 2.07 bits per heavy atom. The maximum absolute atomic E-state index is 5.40. The molecular formula is C20H29IN4OS. The molecule has 5 nitrogen and oxygen atoms in total. The molecule has 2 aromatic rings. The van der Waals surface area contributed by atoms with Crippen LogP contribution >= 0.6 is 35.3 Å². The summed E-state index contributed by atoms with van der Waals surface area (Å²) in [5, 5.41) is 10.5. The Hall–Kier alpha value is -1.48. The minimum Gasteiger partial charge on any atom is -0.496 e. The van der Waals surface area contributed by atoms with Gasteiger partial charge in [-0.25, -0.2) is 0 Å². The summed E-state index contributed by atoms with van der Waals surface area (Å²) in [4.78, 5) is 6.85. The van der Waals surface area contributed by atoms with Crippen molar-refractivity contribution in [2.45, 2.75) is 32.4 Å². The third-order valence-corrected chi connectivity index (χ3v) is 5.74. The lowest BCUT2D eigenvalue weighted by molar-refractivity contribution is 0.411. The largest absolute Gasteiger partial charge is 0.496 e. The van der Waals surface area contributed by atoms with Gasteiger partial charge in [0.25, 0.3) is 0 Å². The molecule has 148 valence electrons. The molecule has 1 saturated heterocycles. The Balaban J connectivity index is 0.00000261. The minimum atomic E-state index is 0. The lowest BCUT2D eigenvalue weighted by atomic mass is 10.1. The number of ether oxygens (including phenoxy) is 1. The van der Waals surface area contributed by atoms with Crippen LogP contribution in [0.1, 0.15) is 24.0 Å². The van der Waals surface area contributed by atoms with E-state index in [0.717, 1.165) is 49.7 Å². The third-order valence-electron chi connectivity index (χ3n) is 4.81. The number of anilines is 1. The first-order valence-electron chi connectivity index (χ1n) is 9.08. The molecule has 0 radical (unpaired) electrons. The van der Waals surface area contributed by atoms with Gasteiger partial charge in [-0.05, 0) is 54.5 Å². The molecule has 1 aromatic carbocycles. The van der Waals surface area contributed by atoms with Gasteiger partial charge in [0.2, 0.25) is 0 Å². The minimum absolute atomic E-state index is 0. The molecule has 0 unspecified atom stereocenters. The Kier molecular flexibility index (Phi) is 8.69. The number of nitrogens with zero attached hydrogens (tertiary/aromatic N) is 2. The number of halogens is 1. The van der Waals surface area contributed by atoms with Crippen LogP contribution in [0.2, 0.25) is 0 Å². The molecule has 3 rings (SSSR count). The van der Waals surface area contributed by atoms with Crippen LogP contribution in [0.4, 0.5) is 5.00 Å². The fourth-order valence-corrected chi connectivity index (χ4v) is 4.03. The molecule has 1 aliphatic heterocycles. The average molecular weight is 500 g/mol. The van der Waals surface area contributed by atoms with Gasteiger partial charge in [-0.3, -0.25) is 4.99 Å². The summed E-state index contributed by atoms with van der Waals surface area (Å²) in [6.45, 7) is 4.96. The van der Waals surface area contributed by atoms with E-state index in [0.29, 0.717) is 6.04 Å². The van der Waals surface area contributed by atoms with Gasteiger partial charge in [-0.2, -0.15) is 0 Å². The number of hydrogen-bond donors (Lipinski definition) is 2. The van der Waals surface area contributed by atoms with Crippen LogP contribution in [0, 0.1) is 6.92 Å². The lowest BCUT2D eigenvalue weighted by Crippen LogP contribution is -2.48. The zero-order valence-electron chi connectivity index (χ0n) is 16.2. The Morgan fingerprint density at radius 3 is 2.70 bits per heavy atom. The maximum atomic E-state index is 5.40. The topological polar surface area (TPSA) is 48.9 Å². The highest BCUT2D eigenvalue weighted by Gasteiger charge is 2.20. The van der Waals surface area contributed by atoms with Crippen LogP contribution in [0.15, 0.2) is 40.7 Å². The summed E-state index contributed by atoms with van der Waals surface area (Å²) in [5.41, 5.74) is 2.33. The van der Waals surface area contributed by atoms with Crippen LogP contribution in [0.3, 0.4) is 0 Å². The predicted octanol–water partition coefficient (Wildman–Crippen LogP) is 4.02. The van der Waals surface area contributed by atoms with Crippen molar-refractivity contribution in [1.29, 1.82) is 0 Å². The number of guanidine groups is 1. The molecular weight excluding hydrogens is 471 g/mol. The number of nitrogens with one attached hydrogen (secondary N) is 2. The molecule has 7 heteroatoms. The van der Waals surface area contributed by atoms with Gasteiger partial charge in [-0.15, -0.1) is 35.3 Å². The van der Waals surface area contributed by atoms with Gasteiger partial charge in [0, 0.05) is 32.7 Å². The van der Waals surface area contributed by atoms with Crippen molar-refractivity contribution >= 4 is 46.3 Å². The molecule has 0 amide bonds. The van der Waals surface area contributed by atoms with Gasteiger partial charge in [0.1, 0.15) is 5.75 Å². The second-order valence-corrected chi connectivity index (χ2v) is 7.51. The second-order valence-electron chi connectivity index (χ2n) is 6.59. The summed E-state index contributed by atoms with van der Waals surface area (Å²) in [6, 6.07) is 11.1. The quantitative estimate of drug-likeness (QED) is 0.370. The molecule has 1 aliphatic rings. The number of benzene rings is 1. The molecule has 2 N–H and O–H groups in total. The predicted molar refractivity (Wildman–Crippen MR) is 126 cm³/mol. The summed E-state index contributed by atoms with van der Waals surface area (Å²) < 4.78 is 5.40. The third kappa shape index (κ3) is 6.00. The average Bonchev–Trinajstić information content (AvgIpc) is 3.21. The lowest BCUT2D eigenvalue weighted by Gasteiger charge is -2.33. The van der Waals surface area contributed by atoms with E-state index in [4.69, 9.17) is 4.74 Å². The highest BCUT2D eigenvalue weighted by Crippen LogP contribution is 2.24. The van der Waals surface area contributed by atoms with Gasteiger partial charge in [0.15, 0.2) is 5.96 Å². The Labute approximate surface area is 183 Å². The van der Waals surface area contributed by atoms with E-state index in [2.05, 4.69) is 63.2 Å². The van der Waals surface area contributed by atoms with Gasteiger partial charge < -0.3 is 20.3 Å². The van der Waals surface area contributed by atoms with E-state index in [-0.39, 0.29) is 24.0 Å². The van der Waals surface area contributed by atoms with Gasteiger partial charge in [0.05, 0.1) is 12.1 Å². The molecule has 1 fully saturated rings. The smallest absolute Gasteiger partial charge is 0.191 e. The van der Waals surface area contributed by atoms with Gasteiger partial charge >= 0.3 is 0 Å². The monoisotopic (exact) mass is 500 g/mol. The van der Waals surface area contributed by atoms with Crippen LogP contribution < -0.4 is 20.3 Å². The number of thiophene rings is 1. The summed E-state index contributed by atoms with van der Waals surface area (Å²) in [7, 11) is 3.54. The first-order valence-corrected chi connectivity index (χ1v) is 9.96. The maximum Gasteiger partial charge on any atom is 0.191 e. The number of rotatable bonds is 5. The fourth-order valence-electron chi connectivity index (χ4n) is 3.24. The highest BCUT2D eigenvalue weighted by atomic mass is 127. The van der Waals surface area contributed by atoms with E-state index in [9.17, 15) is 0 Å². The van der Waals surface area contributed by atoms with E-state index >= 15 is 0 Å². The first-order chi connectivity index (χ1) is 12.7. The normalized spacial score (nSPS) is 15.2. The van der Waals surface area contributed by atoms with Crippen LogP contribution in [-0.4, -0.2) is 39.2 Å². The molecule has 0 saturated carbocycles. The summed E-state index contributed by atoms with van der Waals surface area (Å²) in [5.74, 6) is 1.78. The summed E-state index contributed by atoms with van der Waals surface area (Å²) in [6.07, 6.45) is 2.24. The van der Waals surface area contributed by atoms with E-state index in [1.54, 1.807) is 7.11 Å². The van der Waals surface area contributed by atoms with Crippen molar-refractivity contribution in [1.82, 2.24) is 10.6 Å². The van der Waals surface area contributed by atoms with Crippen molar-refractivity contribution in [3.63, 3.8) is 0 Å². The molecule has 0 aliphatic carbocycles. The number of methoxy groups -OCH3 is 1. The molecule has 1 aromatic heterocycles. The zero-order chi connectivity index (χ0) is 18.4. The number of hydrogen-bond acceptors (Lipinski definition) is 4. The number of aliphatic imine (C=N–C) groups is 1. The van der Waals surface area contributed by atoms with Crippen LogP contribution in [-0.2, 0) is 6.54 Å². The van der Waals surface area contributed by atoms with Crippen molar-refractivity contribution in [3.8, 4) is 5.75 Å².